The van der Waals surface area contributed by atoms with Crippen LogP contribution < -0.4 is 5.32 Å². The van der Waals surface area contributed by atoms with E-state index in [2.05, 4.69) is 10.3 Å². The Balaban J connectivity index is 1.44. The highest BCUT2D eigenvalue weighted by atomic mass is 32.1. The lowest BCUT2D eigenvalue weighted by molar-refractivity contribution is -0.131. The van der Waals surface area contributed by atoms with E-state index in [4.69, 9.17) is 0 Å². The number of hydrogen-bond donors (Lipinski definition) is 1. The zero-order valence-corrected chi connectivity index (χ0v) is 13.3. The molecule has 1 N–H and O–H groups in total. The van der Waals surface area contributed by atoms with Crippen LogP contribution in [0.2, 0.25) is 0 Å². The summed E-state index contributed by atoms with van der Waals surface area (Å²) in [6.45, 7) is 1.92. The Kier molecular flexibility index (Phi) is 4.72. The average molecular weight is 320 g/mol. The minimum absolute atomic E-state index is 0.0481. The lowest BCUT2D eigenvalue weighted by Gasteiger charge is -2.20. The molecule has 0 aromatic carbocycles. The number of likely N-dealkylation sites (tertiary alicyclic amines) is 1. The summed E-state index contributed by atoms with van der Waals surface area (Å²) in [4.78, 5) is 30.9. The van der Waals surface area contributed by atoms with Gasteiger partial charge < -0.3 is 10.2 Å². The van der Waals surface area contributed by atoms with Crippen LogP contribution in [0.15, 0.2) is 17.8 Å². The molecule has 0 saturated carbocycles. The lowest BCUT2D eigenvalue weighted by Crippen LogP contribution is -2.38. The van der Waals surface area contributed by atoms with Gasteiger partial charge in [0, 0.05) is 43.8 Å². The quantitative estimate of drug-likeness (QED) is 0.907. The maximum absolute atomic E-state index is 11.9. The molecule has 1 saturated heterocycles. The van der Waals surface area contributed by atoms with Gasteiger partial charge in [0.15, 0.2) is 4.96 Å². The fourth-order valence-corrected chi connectivity index (χ4v) is 3.41. The number of amides is 2. The number of nitrogens with zero attached hydrogens (tertiary/aromatic N) is 3. The Morgan fingerprint density at radius 2 is 2.27 bits per heavy atom. The lowest BCUT2D eigenvalue weighted by atomic mass is 10.2. The molecule has 3 rings (SSSR count). The number of fused-ring (bicyclic) bond motifs is 1. The third kappa shape index (κ3) is 3.65. The standard InChI is InChI=1S/C15H20N4O2S/c20-13(10-12-11-19-8-9-22-15(19)17-12)16-5-7-18-6-3-1-2-4-14(18)21/h8-9,11H,1-7,10H2,(H,16,20). The van der Waals surface area contributed by atoms with Crippen molar-refractivity contribution in [3.63, 3.8) is 0 Å². The largest absolute Gasteiger partial charge is 0.354 e. The molecule has 0 radical (unpaired) electrons. The van der Waals surface area contributed by atoms with Gasteiger partial charge in [-0.2, -0.15) is 0 Å². The van der Waals surface area contributed by atoms with Gasteiger partial charge in [-0.3, -0.25) is 14.0 Å². The molecule has 1 aliphatic heterocycles. The number of thiazole rings is 1. The summed E-state index contributed by atoms with van der Waals surface area (Å²) in [5.41, 5.74) is 0.773. The Morgan fingerprint density at radius 3 is 3.14 bits per heavy atom. The van der Waals surface area contributed by atoms with Crippen LogP contribution in [0, 0.1) is 0 Å². The molecule has 118 valence electrons. The second kappa shape index (κ2) is 6.91. The molecule has 0 atom stereocenters. The molecule has 0 bridgehead atoms. The van der Waals surface area contributed by atoms with Crippen LogP contribution >= 0.6 is 11.3 Å². The van der Waals surface area contributed by atoms with Gasteiger partial charge in [-0.1, -0.05) is 6.42 Å². The number of carbonyl (C=O) groups is 2. The number of rotatable bonds is 5. The van der Waals surface area contributed by atoms with Gasteiger partial charge in [0.25, 0.3) is 0 Å². The van der Waals surface area contributed by atoms with Gasteiger partial charge in [-0.05, 0) is 12.8 Å². The summed E-state index contributed by atoms with van der Waals surface area (Å²) in [6, 6.07) is 0. The molecular weight excluding hydrogens is 300 g/mol. The van der Waals surface area contributed by atoms with Crippen molar-refractivity contribution in [2.24, 2.45) is 0 Å². The molecule has 1 aliphatic rings. The van der Waals surface area contributed by atoms with E-state index in [9.17, 15) is 9.59 Å². The van der Waals surface area contributed by atoms with E-state index in [1.165, 1.54) is 0 Å². The zero-order chi connectivity index (χ0) is 15.4. The van der Waals surface area contributed by atoms with Crippen molar-refractivity contribution in [1.82, 2.24) is 19.6 Å². The van der Waals surface area contributed by atoms with Gasteiger partial charge in [-0.25, -0.2) is 4.98 Å². The van der Waals surface area contributed by atoms with Gasteiger partial charge in [0.05, 0.1) is 12.1 Å². The van der Waals surface area contributed by atoms with Crippen molar-refractivity contribution in [2.45, 2.75) is 32.1 Å². The maximum Gasteiger partial charge on any atom is 0.226 e. The van der Waals surface area contributed by atoms with Gasteiger partial charge >= 0.3 is 0 Å². The van der Waals surface area contributed by atoms with E-state index in [1.807, 2.05) is 27.1 Å². The van der Waals surface area contributed by atoms with E-state index in [-0.39, 0.29) is 18.2 Å². The molecule has 2 aromatic heterocycles. The maximum atomic E-state index is 11.9. The molecule has 3 heterocycles. The minimum Gasteiger partial charge on any atom is -0.354 e. The highest BCUT2D eigenvalue weighted by molar-refractivity contribution is 7.15. The fraction of sp³-hybridized carbons (Fsp3) is 0.533. The fourth-order valence-electron chi connectivity index (χ4n) is 2.69. The third-order valence-corrected chi connectivity index (χ3v) is 4.63. The Labute approximate surface area is 133 Å². The van der Waals surface area contributed by atoms with Gasteiger partial charge in [0.1, 0.15) is 0 Å². The van der Waals surface area contributed by atoms with Gasteiger partial charge in [-0.15, -0.1) is 11.3 Å². The third-order valence-electron chi connectivity index (χ3n) is 3.86. The van der Waals surface area contributed by atoms with Crippen molar-refractivity contribution >= 4 is 28.1 Å². The molecule has 2 aromatic rings. The molecule has 1 fully saturated rings. The van der Waals surface area contributed by atoms with E-state index in [1.54, 1.807) is 11.3 Å². The Bertz CT molecular complexity index is 635. The summed E-state index contributed by atoms with van der Waals surface area (Å²) >= 11 is 1.55. The first-order chi connectivity index (χ1) is 10.7. The van der Waals surface area contributed by atoms with E-state index in [0.717, 1.165) is 36.5 Å². The van der Waals surface area contributed by atoms with E-state index < -0.39 is 0 Å². The van der Waals surface area contributed by atoms with Crippen LogP contribution in [0.1, 0.15) is 31.4 Å². The average Bonchev–Trinajstić information content (AvgIpc) is 2.99. The second-order valence-corrected chi connectivity index (χ2v) is 6.42. The van der Waals surface area contributed by atoms with Crippen LogP contribution in [-0.4, -0.2) is 45.7 Å². The van der Waals surface area contributed by atoms with Crippen LogP contribution in [0.5, 0.6) is 0 Å². The summed E-state index contributed by atoms with van der Waals surface area (Å²) < 4.78 is 1.92. The van der Waals surface area contributed by atoms with Crippen molar-refractivity contribution in [3.8, 4) is 0 Å². The molecule has 0 aliphatic carbocycles. The topological polar surface area (TPSA) is 66.7 Å². The number of hydrogen-bond acceptors (Lipinski definition) is 4. The predicted octanol–water partition coefficient (Wildman–Crippen LogP) is 1.46. The highest BCUT2D eigenvalue weighted by Crippen LogP contribution is 2.12. The van der Waals surface area contributed by atoms with E-state index >= 15 is 0 Å². The molecule has 0 spiro atoms. The summed E-state index contributed by atoms with van der Waals surface area (Å²) in [5.74, 6) is 0.161. The summed E-state index contributed by atoms with van der Waals surface area (Å²) in [5, 5.41) is 4.84. The number of carbonyl (C=O) groups excluding carboxylic acids is 2. The second-order valence-electron chi connectivity index (χ2n) is 5.54. The minimum atomic E-state index is -0.0481. The Morgan fingerprint density at radius 1 is 1.36 bits per heavy atom. The SMILES string of the molecule is O=C(Cc1cn2ccsc2n1)NCCN1CCCCCC1=O. The molecule has 2 amide bonds. The number of imidazole rings is 1. The molecule has 22 heavy (non-hydrogen) atoms. The molecule has 6 nitrogen and oxygen atoms in total. The predicted molar refractivity (Wildman–Crippen MR) is 84.8 cm³/mol. The van der Waals surface area contributed by atoms with Crippen LogP contribution in [-0.2, 0) is 16.0 Å². The smallest absolute Gasteiger partial charge is 0.226 e. The summed E-state index contributed by atoms with van der Waals surface area (Å²) in [7, 11) is 0. The highest BCUT2D eigenvalue weighted by Gasteiger charge is 2.16. The van der Waals surface area contributed by atoms with Crippen molar-refractivity contribution in [1.29, 1.82) is 0 Å². The molecule has 7 heteroatoms. The normalized spacial score (nSPS) is 16.0. The first-order valence-corrected chi connectivity index (χ1v) is 8.56. The number of aromatic nitrogens is 2. The first-order valence-electron chi connectivity index (χ1n) is 7.68. The monoisotopic (exact) mass is 320 g/mol. The Hall–Kier alpha value is -1.89. The molecular formula is C15H20N4O2S. The van der Waals surface area contributed by atoms with Crippen molar-refractivity contribution < 1.29 is 9.59 Å². The zero-order valence-electron chi connectivity index (χ0n) is 12.5. The van der Waals surface area contributed by atoms with Gasteiger partial charge in [0.2, 0.25) is 11.8 Å². The number of nitrogens with one attached hydrogen (secondary N) is 1. The van der Waals surface area contributed by atoms with Crippen LogP contribution in [0.25, 0.3) is 4.96 Å². The first kappa shape index (κ1) is 15.0. The van der Waals surface area contributed by atoms with E-state index in [0.29, 0.717) is 19.5 Å². The molecule has 0 unspecified atom stereocenters. The summed E-state index contributed by atoms with van der Waals surface area (Å²) in [6.07, 6.45) is 7.89. The van der Waals surface area contributed by atoms with Crippen LogP contribution in [0.3, 0.4) is 0 Å². The van der Waals surface area contributed by atoms with Crippen LogP contribution in [0.4, 0.5) is 0 Å². The van der Waals surface area contributed by atoms with Crippen molar-refractivity contribution in [2.75, 3.05) is 19.6 Å². The van der Waals surface area contributed by atoms with Crippen molar-refractivity contribution in [3.05, 3.63) is 23.5 Å².